The first kappa shape index (κ1) is 20.2. The molecule has 1 rings (SSSR count). The van der Waals surface area contributed by atoms with Gasteiger partial charge in [-0.15, -0.1) is 0 Å². The van der Waals surface area contributed by atoms with Crippen LogP contribution in [0.15, 0.2) is 29.2 Å². The number of alkyl halides is 2. The summed E-state index contributed by atoms with van der Waals surface area (Å²) >= 11 is 7.14. The third-order valence-electron chi connectivity index (χ3n) is 3.02. The minimum absolute atomic E-state index is 0.168. The van der Waals surface area contributed by atoms with Gasteiger partial charge in [-0.1, -0.05) is 35.7 Å². The second-order valence-electron chi connectivity index (χ2n) is 4.59. The van der Waals surface area contributed by atoms with Gasteiger partial charge in [0.15, 0.2) is 0 Å². The molecular formula is C15H20F2N2OS3. The Hall–Kier alpha value is -0.860. The topological polar surface area (TPSA) is 32.3 Å². The van der Waals surface area contributed by atoms with Gasteiger partial charge < -0.3 is 10.2 Å². The SMILES string of the molecule is CCN(CC)C(=S)S[C@H](C)C(=O)Nc1ccc(SC(F)F)cc1. The number of nitrogens with one attached hydrogen (secondary N) is 1. The monoisotopic (exact) mass is 378 g/mol. The molecule has 0 saturated heterocycles. The van der Waals surface area contributed by atoms with Crippen molar-refractivity contribution in [2.45, 2.75) is 36.7 Å². The fraction of sp³-hybridized carbons (Fsp3) is 0.467. The number of thiocarbonyl (C=S) groups is 1. The first-order valence-corrected chi connectivity index (χ1v) is 9.35. The molecule has 128 valence electrons. The van der Waals surface area contributed by atoms with Crippen molar-refractivity contribution in [1.29, 1.82) is 0 Å². The lowest BCUT2D eigenvalue weighted by Crippen LogP contribution is -2.31. The van der Waals surface area contributed by atoms with Gasteiger partial charge >= 0.3 is 0 Å². The van der Waals surface area contributed by atoms with Gasteiger partial charge in [0.05, 0.1) is 5.25 Å². The summed E-state index contributed by atoms with van der Waals surface area (Å²) in [5.74, 6) is -2.62. The summed E-state index contributed by atoms with van der Waals surface area (Å²) in [6.45, 7) is 7.43. The molecule has 1 atom stereocenters. The summed E-state index contributed by atoms with van der Waals surface area (Å²) in [5.41, 5.74) is 0.579. The standard InChI is InChI=1S/C15H20F2N2OS3/c1-4-19(5-2)15(21)22-10(3)13(20)18-11-6-8-12(9-7-11)23-14(16)17/h6-10,14H,4-5H2,1-3H3,(H,18,20)/t10-/m1/s1. The second kappa shape index (κ2) is 10.1. The van der Waals surface area contributed by atoms with Gasteiger partial charge in [0.2, 0.25) is 5.91 Å². The van der Waals surface area contributed by atoms with E-state index in [0.717, 1.165) is 13.1 Å². The van der Waals surface area contributed by atoms with Crippen molar-refractivity contribution in [2.24, 2.45) is 0 Å². The molecular weight excluding hydrogens is 358 g/mol. The number of amides is 1. The zero-order valence-corrected chi connectivity index (χ0v) is 15.7. The molecule has 0 aliphatic carbocycles. The van der Waals surface area contributed by atoms with E-state index in [1.807, 2.05) is 18.7 Å². The maximum absolute atomic E-state index is 12.3. The minimum atomic E-state index is -2.45. The molecule has 0 aliphatic rings. The normalized spacial score (nSPS) is 12.1. The van der Waals surface area contributed by atoms with E-state index in [4.69, 9.17) is 12.2 Å². The van der Waals surface area contributed by atoms with Crippen LogP contribution < -0.4 is 5.32 Å². The molecule has 8 heteroatoms. The second-order valence-corrected chi connectivity index (χ2v) is 7.63. The van der Waals surface area contributed by atoms with Gasteiger partial charge in [-0.2, -0.15) is 8.78 Å². The van der Waals surface area contributed by atoms with Crippen LogP contribution in [0, 0.1) is 0 Å². The molecule has 1 amide bonds. The summed E-state index contributed by atoms with van der Waals surface area (Å²) in [6.07, 6.45) is 0. The van der Waals surface area contributed by atoms with Crippen molar-refractivity contribution >= 4 is 51.7 Å². The summed E-state index contributed by atoms with van der Waals surface area (Å²) in [5, 5.41) is 2.43. The number of carbonyl (C=O) groups is 1. The maximum Gasteiger partial charge on any atom is 0.288 e. The van der Waals surface area contributed by atoms with Crippen molar-refractivity contribution in [3.63, 3.8) is 0 Å². The Morgan fingerprint density at radius 3 is 2.30 bits per heavy atom. The number of halogens is 2. The van der Waals surface area contributed by atoms with Gasteiger partial charge in [-0.25, -0.2) is 0 Å². The molecule has 0 aliphatic heterocycles. The number of rotatable bonds is 7. The minimum Gasteiger partial charge on any atom is -0.358 e. The average Bonchev–Trinajstić information content (AvgIpc) is 2.49. The van der Waals surface area contributed by atoms with Gasteiger partial charge in [0, 0.05) is 23.7 Å². The van der Waals surface area contributed by atoms with Gasteiger partial charge in [0.25, 0.3) is 5.76 Å². The first-order chi connectivity index (χ1) is 10.9. The molecule has 0 aromatic heterocycles. The van der Waals surface area contributed by atoms with Crippen LogP contribution in [-0.2, 0) is 4.79 Å². The molecule has 23 heavy (non-hydrogen) atoms. The van der Waals surface area contributed by atoms with Crippen molar-refractivity contribution < 1.29 is 13.6 Å². The predicted octanol–water partition coefficient (Wildman–Crippen LogP) is 4.69. The van der Waals surface area contributed by atoms with Crippen LogP contribution in [0.5, 0.6) is 0 Å². The number of anilines is 1. The number of thioether (sulfide) groups is 2. The number of hydrogen-bond donors (Lipinski definition) is 1. The van der Waals surface area contributed by atoms with E-state index in [0.29, 0.717) is 26.7 Å². The third kappa shape index (κ3) is 7.05. The maximum atomic E-state index is 12.3. The van der Waals surface area contributed by atoms with E-state index in [1.165, 1.54) is 11.8 Å². The molecule has 0 bridgehead atoms. The molecule has 1 N–H and O–H groups in total. The fourth-order valence-electron chi connectivity index (χ4n) is 1.72. The summed E-state index contributed by atoms with van der Waals surface area (Å²) in [4.78, 5) is 14.6. The Morgan fingerprint density at radius 1 is 1.26 bits per heavy atom. The van der Waals surface area contributed by atoms with Crippen LogP contribution in [0.2, 0.25) is 0 Å². The number of carbonyl (C=O) groups excluding carboxylic acids is 1. The zero-order valence-electron chi connectivity index (χ0n) is 13.2. The van der Waals surface area contributed by atoms with Crippen molar-refractivity contribution in [1.82, 2.24) is 4.90 Å². The Kier molecular flexibility index (Phi) is 8.86. The molecule has 0 unspecified atom stereocenters. The molecule has 3 nitrogen and oxygen atoms in total. The largest absolute Gasteiger partial charge is 0.358 e. The first-order valence-electron chi connectivity index (χ1n) is 7.18. The van der Waals surface area contributed by atoms with Crippen LogP contribution in [0.4, 0.5) is 14.5 Å². The Bertz CT molecular complexity index is 522. The highest BCUT2D eigenvalue weighted by Crippen LogP contribution is 2.26. The lowest BCUT2D eigenvalue weighted by Gasteiger charge is -2.22. The molecule has 0 heterocycles. The Morgan fingerprint density at radius 2 is 1.83 bits per heavy atom. The summed E-state index contributed by atoms with van der Waals surface area (Å²) in [6, 6.07) is 6.35. The molecule has 0 radical (unpaired) electrons. The zero-order chi connectivity index (χ0) is 17.4. The van der Waals surface area contributed by atoms with E-state index in [1.54, 1.807) is 31.2 Å². The highest BCUT2D eigenvalue weighted by atomic mass is 32.2. The van der Waals surface area contributed by atoms with E-state index in [2.05, 4.69) is 5.32 Å². The lowest BCUT2D eigenvalue weighted by molar-refractivity contribution is -0.115. The molecule has 1 aromatic carbocycles. The van der Waals surface area contributed by atoms with Crippen LogP contribution in [-0.4, -0.2) is 39.2 Å². The lowest BCUT2D eigenvalue weighted by atomic mass is 10.3. The van der Waals surface area contributed by atoms with Crippen LogP contribution in [0.3, 0.4) is 0 Å². The number of benzene rings is 1. The van der Waals surface area contributed by atoms with Crippen LogP contribution >= 0.6 is 35.7 Å². The molecule has 0 saturated carbocycles. The molecule has 1 aromatic rings. The van der Waals surface area contributed by atoms with E-state index in [9.17, 15) is 13.6 Å². The smallest absolute Gasteiger partial charge is 0.288 e. The van der Waals surface area contributed by atoms with Gasteiger partial charge in [0.1, 0.15) is 4.32 Å². The van der Waals surface area contributed by atoms with E-state index in [-0.39, 0.29) is 11.2 Å². The quantitative estimate of drug-likeness (QED) is 0.550. The van der Waals surface area contributed by atoms with E-state index >= 15 is 0 Å². The highest BCUT2D eigenvalue weighted by molar-refractivity contribution is 8.23. The number of nitrogens with zero attached hydrogens (tertiary/aromatic N) is 1. The average molecular weight is 379 g/mol. The fourth-order valence-corrected chi connectivity index (χ4v) is 3.79. The predicted molar refractivity (Wildman–Crippen MR) is 99.5 cm³/mol. The van der Waals surface area contributed by atoms with Crippen molar-refractivity contribution in [2.75, 3.05) is 18.4 Å². The van der Waals surface area contributed by atoms with Crippen LogP contribution in [0.25, 0.3) is 0 Å². The van der Waals surface area contributed by atoms with E-state index < -0.39 is 5.76 Å². The van der Waals surface area contributed by atoms with Gasteiger partial charge in [-0.3, -0.25) is 4.79 Å². The summed E-state index contributed by atoms with van der Waals surface area (Å²) in [7, 11) is 0. The van der Waals surface area contributed by atoms with Crippen LogP contribution in [0.1, 0.15) is 20.8 Å². The third-order valence-corrected chi connectivity index (χ3v) is 5.31. The molecule has 0 fully saturated rings. The number of hydrogen-bond acceptors (Lipinski definition) is 4. The van der Waals surface area contributed by atoms with Gasteiger partial charge in [-0.05, 0) is 45.0 Å². The van der Waals surface area contributed by atoms with Crippen molar-refractivity contribution in [3.05, 3.63) is 24.3 Å². The summed E-state index contributed by atoms with van der Waals surface area (Å²) < 4.78 is 25.2. The van der Waals surface area contributed by atoms with Crippen molar-refractivity contribution in [3.8, 4) is 0 Å². The molecule has 0 spiro atoms. The Balaban J connectivity index is 2.56. The highest BCUT2D eigenvalue weighted by Gasteiger charge is 2.18. The Labute approximate surface area is 149 Å².